The number of hydrogen-bond acceptors (Lipinski definition) is 0. The van der Waals surface area contributed by atoms with Gasteiger partial charge in [-0.2, -0.15) is 0 Å². The second-order valence-electron chi connectivity index (χ2n) is 9.23. The molecule has 0 saturated carbocycles. The number of allylic oxidation sites excluding steroid dienone is 3. The van der Waals surface area contributed by atoms with E-state index >= 15 is 0 Å². The second-order valence-corrected chi connectivity index (χ2v) is 9.23. The van der Waals surface area contributed by atoms with Crippen LogP contribution in [0, 0.1) is 0 Å². The van der Waals surface area contributed by atoms with Crippen LogP contribution in [0.4, 0.5) is 0 Å². The highest BCUT2D eigenvalue weighted by atomic mass is 14.0. The fourth-order valence-electron chi connectivity index (χ4n) is 4.24. The summed E-state index contributed by atoms with van der Waals surface area (Å²) in [5, 5.41) is 0. The van der Waals surface area contributed by atoms with Crippen LogP contribution in [-0.2, 0) is 0 Å². The van der Waals surface area contributed by atoms with Crippen molar-refractivity contribution in [2.45, 2.75) is 161 Å². The first-order valence-electron chi connectivity index (χ1n) is 13.7. The zero-order chi connectivity index (χ0) is 21.1. The number of hydrogen-bond donors (Lipinski definition) is 0. The SMILES string of the molecule is C=C/C=C/CCCCCCCCCCCCCCCCCCCCCCCCC. The third-order valence-corrected chi connectivity index (χ3v) is 6.25. The van der Waals surface area contributed by atoms with Crippen molar-refractivity contribution >= 4 is 0 Å². The Kier molecular flexibility index (Phi) is 27.0. The molecule has 0 aliphatic heterocycles. The van der Waals surface area contributed by atoms with Gasteiger partial charge in [-0.05, 0) is 12.8 Å². The van der Waals surface area contributed by atoms with Gasteiger partial charge in [-0.15, -0.1) is 0 Å². The Morgan fingerprint density at radius 2 is 0.690 bits per heavy atom. The molecule has 0 unspecified atom stereocenters. The zero-order valence-electron chi connectivity index (χ0n) is 20.4. The molecule has 0 atom stereocenters. The summed E-state index contributed by atoms with van der Waals surface area (Å²) in [6, 6.07) is 0. The molecular formula is C29H56. The van der Waals surface area contributed by atoms with E-state index in [-0.39, 0.29) is 0 Å². The Labute approximate surface area is 186 Å². The average Bonchev–Trinajstić information content (AvgIpc) is 2.74. The second kappa shape index (κ2) is 27.5. The molecular weight excluding hydrogens is 348 g/mol. The van der Waals surface area contributed by atoms with Gasteiger partial charge >= 0.3 is 0 Å². The Morgan fingerprint density at radius 1 is 0.414 bits per heavy atom. The quantitative estimate of drug-likeness (QED) is 0.105. The molecule has 0 radical (unpaired) electrons. The smallest absolute Gasteiger partial charge is 0.0348 e. The zero-order valence-corrected chi connectivity index (χ0v) is 20.4. The van der Waals surface area contributed by atoms with Crippen molar-refractivity contribution in [3.63, 3.8) is 0 Å². The fourth-order valence-corrected chi connectivity index (χ4v) is 4.24. The molecule has 0 amide bonds. The highest BCUT2D eigenvalue weighted by Crippen LogP contribution is 2.15. The van der Waals surface area contributed by atoms with Crippen LogP contribution in [0.5, 0.6) is 0 Å². The summed E-state index contributed by atoms with van der Waals surface area (Å²) >= 11 is 0. The molecule has 172 valence electrons. The summed E-state index contributed by atoms with van der Waals surface area (Å²) in [5.41, 5.74) is 0. The molecule has 0 aromatic carbocycles. The molecule has 29 heavy (non-hydrogen) atoms. The molecule has 0 N–H and O–H groups in total. The number of unbranched alkanes of at least 4 members (excludes halogenated alkanes) is 23. The fraction of sp³-hybridized carbons (Fsp3) is 0.862. The summed E-state index contributed by atoms with van der Waals surface area (Å²) in [5.74, 6) is 0. The van der Waals surface area contributed by atoms with E-state index in [0.29, 0.717) is 0 Å². The molecule has 0 heterocycles. The van der Waals surface area contributed by atoms with Crippen LogP contribution in [0.2, 0.25) is 0 Å². The van der Waals surface area contributed by atoms with Gasteiger partial charge in [0.2, 0.25) is 0 Å². The van der Waals surface area contributed by atoms with Crippen molar-refractivity contribution in [2.24, 2.45) is 0 Å². The van der Waals surface area contributed by atoms with Crippen LogP contribution in [0.1, 0.15) is 161 Å². The van der Waals surface area contributed by atoms with E-state index in [1.54, 1.807) is 0 Å². The first-order valence-corrected chi connectivity index (χ1v) is 13.7. The molecule has 0 spiro atoms. The van der Waals surface area contributed by atoms with Crippen molar-refractivity contribution in [2.75, 3.05) is 0 Å². The lowest BCUT2D eigenvalue weighted by Gasteiger charge is -2.04. The molecule has 0 aromatic heterocycles. The predicted molar refractivity (Wildman–Crippen MR) is 136 cm³/mol. The summed E-state index contributed by atoms with van der Waals surface area (Å²) < 4.78 is 0. The summed E-state index contributed by atoms with van der Waals surface area (Å²) in [7, 11) is 0. The van der Waals surface area contributed by atoms with Crippen molar-refractivity contribution in [1.29, 1.82) is 0 Å². The van der Waals surface area contributed by atoms with Gasteiger partial charge in [0.1, 0.15) is 0 Å². The van der Waals surface area contributed by atoms with E-state index in [0.717, 1.165) is 0 Å². The van der Waals surface area contributed by atoms with Crippen LogP contribution in [-0.4, -0.2) is 0 Å². The average molecular weight is 405 g/mol. The van der Waals surface area contributed by atoms with Crippen LogP contribution in [0.25, 0.3) is 0 Å². The van der Waals surface area contributed by atoms with Gasteiger partial charge in [0.15, 0.2) is 0 Å². The lowest BCUT2D eigenvalue weighted by molar-refractivity contribution is 0.518. The monoisotopic (exact) mass is 404 g/mol. The van der Waals surface area contributed by atoms with E-state index in [2.05, 4.69) is 25.7 Å². The molecule has 0 aromatic rings. The maximum Gasteiger partial charge on any atom is -0.0348 e. The van der Waals surface area contributed by atoms with E-state index in [1.807, 2.05) is 6.08 Å². The van der Waals surface area contributed by atoms with Crippen LogP contribution >= 0.6 is 0 Å². The minimum Gasteiger partial charge on any atom is -0.0991 e. The first-order chi connectivity index (χ1) is 14.4. The van der Waals surface area contributed by atoms with E-state index < -0.39 is 0 Å². The van der Waals surface area contributed by atoms with E-state index in [4.69, 9.17) is 0 Å². The Bertz CT molecular complexity index is 314. The predicted octanol–water partition coefficient (Wildman–Crippen LogP) is 11.1. The van der Waals surface area contributed by atoms with Crippen molar-refractivity contribution in [3.05, 3.63) is 24.8 Å². The highest BCUT2D eigenvalue weighted by Gasteiger charge is 1.95. The largest absolute Gasteiger partial charge is 0.0991 e. The summed E-state index contributed by atoms with van der Waals surface area (Å²) in [6.07, 6.45) is 41.0. The highest BCUT2D eigenvalue weighted by molar-refractivity contribution is 4.96. The molecule has 0 fully saturated rings. The molecule has 0 aliphatic rings. The lowest BCUT2D eigenvalue weighted by atomic mass is 10.0. The van der Waals surface area contributed by atoms with E-state index in [9.17, 15) is 0 Å². The Morgan fingerprint density at radius 3 is 0.966 bits per heavy atom. The summed E-state index contributed by atoms with van der Waals surface area (Å²) in [4.78, 5) is 0. The first kappa shape index (κ1) is 28.5. The van der Waals surface area contributed by atoms with Gasteiger partial charge in [-0.25, -0.2) is 0 Å². The molecule has 0 rings (SSSR count). The van der Waals surface area contributed by atoms with Gasteiger partial charge < -0.3 is 0 Å². The molecule has 0 saturated heterocycles. The van der Waals surface area contributed by atoms with Crippen molar-refractivity contribution in [3.8, 4) is 0 Å². The lowest BCUT2D eigenvalue weighted by Crippen LogP contribution is -1.84. The van der Waals surface area contributed by atoms with Crippen LogP contribution in [0.3, 0.4) is 0 Å². The topological polar surface area (TPSA) is 0 Å². The molecule has 0 nitrogen and oxygen atoms in total. The van der Waals surface area contributed by atoms with Gasteiger partial charge in [0, 0.05) is 0 Å². The van der Waals surface area contributed by atoms with Gasteiger partial charge in [-0.3, -0.25) is 0 Å². The normalized spacial score (nSPS) is 11.5. The minimum absolute atomic E-state index is 1.23. The molecule has 0 aliphatic carbocycles. The van der Waals surface area contributed by atoms with Gasteiger partial charge in [-0.1, -0.05) is 173 Å². The number of rotatable bonds is 25. The minimum atomic E-state index is 1.23. The third-order valence-electron chi connectivity index (χ3n) is 6.25. The van der Waals surface area contributed by atoms with Gasteiger partial charge in [0.05, 0.1) is 0 Å². The van der Waals surface area contributed by atoms with Crippen LogP contribution in [0.15, 0.2) is 24.8 Å². The molecule has 0 bridgehead atoms. The Balaban J connectivity index is 3.00. The Hall–Kier alpha value is -0.520. The molecule has 0 heteroatoms. The van der Waals surface area contributed by atoms with Crippen molar-refractivity contribution < 1.29 is 0 Å². The maximum absolute atomic E-state index is 3.70. The standard InChI is InChI=1S/C29H56/c1-3-5-7-9-11-13-15-17-19-21-23-25-27-29-28-26-24-22-20-18-16-14-12-10-8-6-4-2/h3,5,7H,1,4,6,8-29H2,2H3/b7-5+. The van der Waals surface area contributed by atoms with Crippen molar-refractivity contribution in [1.82, 2.24) is 0 Å². The summed E-state index contributed by atoms with van der Waals surface area (Å²) in [6.45, 7) is 6.01. The van der Waals surface area contributed by atoms with Crippen LogP contribution < -0.4 is 0 Å². The van der Waals surface area contributed by atoms with E-state index in [1.165, 1.54) is 154 Å². The maximum atomic E-state index is 3.70. The third kappa shape index (κ3) is 27.5. The van der Waals surface area contributed by atoms with Gasteiger partial charge in [0.25, 0.3) is 0 Å².